The first-order chi connectivity index (χ1) is 12.7. The maximum atomic E-state index is 2.47. The zero-order chi connectivity index (χ0) is 18.7. The lowest BCUT2D eigenvalue weighted by atomic mass is 9.62. The molecule has 26 heavy (non-hydrogen) atoms. The van der Waals surface area contributed by atoms with E-state index in [9.17, 15) is 0 Å². The van der Waals surface area contributed by atoms with E-state index >= 15 is 0 Å². The smallest absolute Gasteiger partial charge is 0.0300 e. The van der Waals surface area contributed by atoms with Crippen molar-refractivity contribution in [2.24, 2.45) is 23.2 Å². The van der Waals surface area contributed by atoms with Crippen molar-refractivity contribution >= 4 is 0 Å². The maximum Gasteiger partial charge on any atom is -0.0300 e. The molecule has 2 rings (SSSR count). The summed E-state index contributed by atoms with van der Waals surface area (Å²) in [4.78, 5) is 0. The van der Waals surface area contributed by atoms with Gasteiger partial charge in [-0.2, -0.15) is 0 Å². The largest absolute Gasteiger partial charge is 0.0654 e. The van der Waals surface area contributed by atoms with Gasteiger partial charge in [0.15, 0.2) is 0 Å². The highest BCUT2D eigenvalue weighted by Crippen LogP contribution is 2.49. The minimum absolute atomic E-state index is 0.737. The van der Waals surface area contributed by atoms with E-state index in [4.69, 9.17) is 0 Å². The van der Waals surface area contributed by atoms with Crippen LogP contribution in [0, 0.1) is 23.2 Å². The quantitative estimate of drug-likeness (QED) is 0.303. The van der Waals surface area contributed by atoms with E-state index in [0.717, 1.165) is 23.2 Å². The molecule has 0 aromatic rings. The fourth-order valence-electron chi connectivity index (χ4n) is 6.24. The monoisotopic (exact) mass is 362 g/mol. The van der Waals surface area contributed by atoms with Gasteiger partial charge in [-0.05, 0) is 68.1 Å². The minimum Gasteiger partial charge on any atom is -0.0654 e. The molecule has 0 spiro atoms. The Morgan fingerprint density at radius 1 is 0.615 bits per heavy atom. The van der Waals surface area contributed by atoms with Crippen LogP contribution in [0.25, 0.3) is 0 Å². The van der Waals surface area contributed by atoms with Crippen LogP contribution >= 0.6 is 0 Å². The molecule has 154 valence electrons. The molecule has 2 aliphatic carbocycles. The van der Waals surface area contributed by atoms with Crippen LogP contribution in [0.15, 0.2) is 0 Å². The molecule has 0 bridgehead atoms. The Morgan fingerprint density at radius 3 is 1.81 bits per heavy atom. The first-order valence-corrected chi connectivity index (χ1v) is 12.7. The van der Waals surface area contributed by atoms with E-state index in [-0.39, 0.29) is 0 Å². The highest BCUT2D eigenvalue weighted by Gasteiger charge is 2.36. The lowest BCUT2D eigenvalue weighted by Crippen LogP contribution is -2.31. The Morgan fingerprint density at radius 2 is 1.19 bits per heavy atom. The highest BCUT2D eigenvalue weighted by molar-refractivity contribution is 4.88. The van der Waals surface area contributed by atoms with Gasteiger partial charge in [0.1, 0.15) is 0 Å². The molecule has 0 radical (unpaired) electrons. The van der Waals surface area contributed by atoms with E-state index in [1.807, 2.05) is 0 Å². The Kier molecular flexibility index (Phi) is 10.7. The van der Waals surface area contributed by atoms with Gasteiger partial charge in [0, 0.05) is 0 Å². The SMILES string of the molecule is CCCCCCCC1CCC([C@H]2CC[C@](CC)(CCCCC)CC2)CC1. The third-order valence-corrected chi connectivity index (χ3v) is 8.43. The Balaban J connectivity index is 1.63. The van der Waals surface area contributed by atoms with Crippen LogP contribution in [-0.4, -0.2) is 0 Å². The molecule has 0 saturated heterocycles. The molecule has 0 aromatic heterocycles. The Labute approximate surface area is 166 Å². The zero-order valence-corrected chi connectivity index (χ0v) is 18.7. The van der Waals surface area contributed by atoms with Crippen molar-refractivity contribution in [3.8, 4) is 0 Å². The summed E-state index contributed by atoms with van der Waals surface area (Å²) in [5, 5.41) is 0. The van der Waals surface area contributed by atoms with Crippen molar-refractivity contribution in [1.29, 1.82) is 0 Å². The molecule has 2 aliphatic rings. The predicted octanol–water partition coefficient (Wildman–Crippen LogP) is 9.32. The van der Waals surface area contributed by atoms with Crippen molar-refractivity contribution in [2.45, 2.75) is 143 Å². The van der Waals surface area contributed by atoms with Gasteiger partial charge in [-0.1, -0.05) is 97.8 Å². The van der Waals surface area contributed by atoms with Gasteiger partial charge in [0.05, 0.1) is 0 Å². The lowest BCUT2D eigenvalue weighted by Gasteiger charge is -2.44. The van der Waals surface area contributed by atoms with Crippen LogP contribution in [-0.2, 0) is 0 Å². The molecule has 0 atom stereocenters. The van der Waals surface area contributed by atoms with Crippen LogP contribution in [0.2, 0.25) is 0 Å². The van der Waals surface area contributed by atoms with Crippen LogP contribution < -0.4 is 0 Å². The normalized spacial score (nSPS) is 32.7. The van der Waals surface area contributed by atoms with E-state index in [0.29, 0.717) is 0 Å². The van der Waals surface area contributed by atoms with Crippen molar-refractivity contribution in [1.82, 2.24) is 0 Å². The molecule has 0 aromatic carbocycles. The molecular weight excluding hydrogens is 312 g/mol. The van der Waals surface area contributed by atoms with Gasteiger partial charge in [-0.15, -0.1) is 0 Å². The number of hydrogen-bond donors (Lipinski definition) is 0. The summed E-state index contributed by atoms with van der Waals surface area (Å²) < 4.78 is 0. The molecule has 0 heterocycles. The van der Waals surface area contributed by atoms with Crippen molar-refractivity contribution in [2.75, 3.05) is 0 Å². The first kappa shape index (κ1) is 22.3. The highest BCUT2D eigenvalue weighted by atomic mass is 14.4. The van der Waals surface area contributed by atoms with E-state index in [2.05, 4.69) is 20.8 Å². The topological polar surface area (TPSA) is 0 Å². The average molecular weight is 363 g/mol. The summed E-state index contributed by atoms with van der Waals surface area (Å²) in [5.74, 6) is 3.27. The Hall–Kier alpha value is 0. The van der Waals surface area contributed by atoms with Crippen molar-refractivity contribution in [3.63, 3.8) is 0 Å². The summed E-state index contributed by atoms with van der Waals surface area (Å²) in [5.41, 5.74) is 0.737. The van der Waals surface area contributed by atoms with Crippen LogP contribution in [0.5, 0.6) is 0 Å². The maximum absolute atomic E-state index is 2.47. The molecular formula is C26H50. The Bertz CT molecular complexity index is 328. The lowest BCUT2D eigenvalue weighted by molar-refractivity contribution is 0.0798. The second-order valence-electron chi connectivity index (χ2n) is 10.1. The molecule has 0 nitrogen and oxygen atoms in total. The molecule has 0 amide bonds. The molecule has 2 fully saturated rings. The summed E-state index contributed by atoms with van der Waals surface area (Å²) in [7, 11) is 0. The van der Waals surface area contributed by atoms with Gasteiger partial charge in [0.2, 0.25) is 0 Å². The van der Waals surface area contributed by atoms with Crippen LogP contribution in [0.1, 0.15) is 143 Å². The van der Waals surface area contributed by atoms with E-state index < -0.39 is 0 Å². The third kappa shape index (κ3) is 7.20. The molecule has 0 heteroatoms. The molecule has 0 N–H and O–H groups in total. The average Bonchev–Trinajstić information content (AvgIpc) is 2.69. The third-order valence-electron chi connectivity index (χ3n) is 8.43. The summed E-state index contributed by atoms with van der Waals surface area (Å²) in [6.07, 6.45) is 28.6. The van der Waals surface area contributed by atoms with Crippen LogP contribution in [0.3, 0.4) is 0 Å². The predicted molar refractivity (Wildman–Crippen MR) is 118 cm³/mol. The first-order valence-electron chi connectivity index (χ1n) is 12.7. The summed E-state index contributed by atoms with van der Waals surface area (Å²) in [6, 6.07) is 0. The van der Waals surface area contributed by atoms with Gasteiger partial charge < -0.3 is 0 Å². The summed E-state index contributed by atoms with van der Waals surface area (Å²) >= 11 is 0. The van der Waals surface area contributed by atoms with Crippen molar-refractivity contribution in [3.05, 3.63) is 0 Å². The number of unbranched alkanes of at least 4 members (excludes halogenated alkanes) is 6. The number of rotatable bonds is 12. The van der Waals surface area contributed by atoms with Gasteiger partial charge >= 0.3 is 0 Å². The van der Waals surface area contributed by atoms with E-state index in [1.54, 1.807) is 51.4 Å². The second kappa shape index (κ2) is 12.5. The number of hydrogen-bond acceptors (Lipinski definition) is 0. The fourth-order valence-corrected chi connectivity index (χ4v) is 6.24. The molecule has 0 aliphatic heterocycles. The summed E-state index contributed by atoms with van der Waals surface area (Å²) in [6.45, 7) is 7.14. The van der Waals surface area contributed by atoms with Gasteiger partial charge in [-0.3, -0.25) is 0 Å². The molecule has 0 unspecified atom stereocenters. The van der Waals surface area contributed by atoms with E-state index in [1.165, 1.54) is 70.6 Å². The minimum atomic E-state index is 0.737. The van der Waals surface area contributed by atoms with Gasteiger partial charge in [0.25, 0.3) is 0 Å². The van der Waals surface area contributed by atoms with Gasteiger partial charge in [-0.25, -0.2) is 0 Å². The van der Waals surface area contributed by atoms with Crippen molar-refractivity contribution < 1.29 is 0 Å². The standard InChI is InChI=1S/C26H50/c1-4-7-9-10-11-13-23-14-16-24(17-15-23)25-18-21-26(6-3,22-19-25)20-12-8-5-2/h23-25H,4-22H2,1-3H3/t23?,24?,25-,26-. The zero-order valence-electron chi connectivity index (χ0n) is 18.7. The van der Waals surface area contributed by atoms with Crippen LogP contribution in [0.4, 0.5) is 0 Å². The second-order valence-corrected chi connectivity index (χ2v) is 10.1. The molecule has 2 saturated carbocycles. The fraction of sp³-hybridized carbons (Fsp3) is 1.00.